The summed E-state index contributed by atoms with van der Waals surface area (Å²) in [5.74, 6) is 0.221. The number of amides is 1. The number of methoxy groups -OCH3 is 1. The third-order valence-corrected chi connectivity index (χ3v) is 6.66. The minimum atomic E-state index is -0.475. The molecule has 1 aliphatic carbocycles. The van der Waals surface area contributed by atoms with Crippen molar-refractivity contribution in [2.45, 2.75) is 51.7 Å². The lowest BCUT2D eigenvalue weighted by Crippen LogP contribution is -2.52. The Morgan fingerprint density at radius 3 is 2.60 bits per heavy atom. The maximum absolute atomic E-state index is 12.2. The summed E-state index contributed by atoms with van der Waals surface area (Å²) in [5, 5.41) is 4.49. The molecule has 184 valence electrons. The van der Waals surface area contributed by atoms with E-state index in [9.17, 15) is 9.59 Å². The van der Waals surface area contributed by atoms with Crippen LogP contribution in [0.4, 0.5) is 4.79 Å². The number of nitrogens with zero attached hydrogens (tertiary/aromatic N) is 5. The molecule has 35 heavy (non-hydrogen) atoms. The molecule has 1 aliphatic heterocycles. The summed E-state index contributed by atoms with van der Waals surface area (Å²) >= 11 is 0. The second-order valence-corrected chi connectivity index (χ2v) is 10.6. The van der Waals surface area contributed by atoms with Crippen molar-refractivity contribution in [3.8, 4) is 11.3 Å². The highest BCUT2D eigenvalue weighted by molar-refractivity contribution is 5.77. The Balaban J connectivity index is 1.22. The van der Waals surface area contributed by atoms with Crippen molar-refractivity contribution in [2.75, 3.05) is 20.2 Å². The van der Waals surface area contributed by atoms with Crippen LogP contribution in [0.2, 0.25) is 0 Å². The molecule has 0 unspecified atom stereocenters. The van der Waals surface area contributed by atoms with E-state index in [1.165, 1.54) is 12.7 Å². The van der Waals surface area contributed by atoms with Crippen LogP contribution in [0.3, 0.4) is 0 Å². The minimum absolute atomic E-state index is 0.0385. The van der Waals surface area contributed by atoms with Gasteiger partial charge in [0.25, 0.3) is 0 Å². The quantitative estimate of drug-likeness (QED) is 0.512. The van der Waals surface area contributed by atoms with Gasteiger partial charge in [0.2, 0.25) is 0 Å². The average Bonchev–Trinajstić information content (AvgIpc) is 3.22. The lowest BCUT2D eigenvalue weighted by Gasteiger charge is -2.39. The molecule has 1 amide bonds. The Bertz CT molecular complexity index is 1250. The van der Waals surface area contributed by atoms with Crippen LogP contribution in [0.5, 0.6) is 0 Å². The van der Waals surface area contributed by atoms with Gasteiger partial charge in [0.05, 0.1) is 48.2 Å². The zero-order valence-corrected chi connectivity index (χ0v) is 20.6. The lowest BCUT2D eigenvalue weighted by molar-refractivity contribution is -0.149. The molecule has 0 spiro atoms. The van der Waals surface area contributed by atoms with Crippen molar-refractivity contribution < 1.29 is 19.1 Å². The largest absolute Gasteiger partial charge is 0.469 e. The molecule has 9 nitrogen and oxygen atoms in total. The molecule has 3 heterocycles. The fourth-order valence-electron chi connectivity index (χ4n) is 4.66. The standard InChI is InChI=1S/C26H31N5O4/c1-26(2,3)35-25(33)30-13-17(14-30)7-16-5-6-21-22(8-16)29-23(12-27-21)19-11-28-31(15-19)20-9-18(10-20)24(32)34-4/h5-6,8,11-12,15,17-18,20H,7,9-10,13-14H2,1-4H3. The van der Waals surface area contributed by atoms with E-state index in [1.54, 1.807) is 17.3 Å². The van der Waals surface area contributed by atoms with Crippen molar-refractivity contribution in [2.24, 2.45) is 11.8 Å². The van der Waals surface area contributed by atoms with Gasteiger partial charge in [0.15, 0.2) is 0 Å². The van der Waals surface area contributed by atoms with Crippen molar-refractivity contribution in [1.82, 2.24) is 24.6 Å². The predicted octanol–water partition coefficient (Wildman–Crippen LogP) is 4.03. The summed E-state index contributed by atoms with van der Waals surface area (Å²) in [6, 6.07) is 6.37. The van der Waals surface area contributed by atoms with Crippen molar-refractivity contribution in [1.29, 1.82) is 0 Å². The Morgan fingerprint density at radius 2 is 1.89 bits per heavy atom. The summed E-state index contributed by atoms with van der Waals surface area (Å²) in [7, 11) is 1.43. The highest BCUT2D eigenvalue weighted by atomic mass is 16.6. The van der Waals surface area contributed by atoms with Crippen LogP contribution < -0.4 is 0 Å². The molecular weight excluding hydrogens is 446 g/mol. The van der Waals surface area contributed by atoms with Gasteiger partial charge in [-0.2, -0.15) is 5.10 Å². The maximum atomic E-state index is 12.2. The third kappa shape index (κ3) is 4.99. The van der Waals surface area contributed by atoms with Crippen LogP contribution in [0.25, 0.3) is 22.3 Å². The van der Waals surface area contributed by atoms with Gasteiger partial charge < -0.3 is 14.4 Å². The van der Waals surface area contributed by atoms with Gasteiger partial charge in [-0.1, -0.05) is 6.07 Å². The minimum Gasteiger partial charge on any atom is -0.469 e. The fourth-order valence-corrected chi connectivity index (χ4v) is 4.66. The molecule has 2 aromatic heterocycles. The van der Waals surface area contributed by atoms with E-state index in [2.05, 4.69) is 22.2 Å². The molecule has 9 heteroatoms. The van der Waals surface area contributed by atoms with Crippen LogP contribution >= 0.6 is 0 Å². The van der Waals surface area contributed by atoms with E-state index in [4.69, 9.17) is 14.5 Å². The van der Waals surface area contributed by atoms with Crippen LogP contribution in [0.15, 0.2) is 36.8 Å². The van der Waals surface area contributed by atoms with E-state index < -0.39 is 5.60 Å². The first kappa shape index (κ1) is 23.3. The first-order valence-electron chi connectivity index (χ1n) is 12.0. The molecule has 5 rings (SSSR count). The number of hydrogen-bond acceptors (Lipinski definition) is 7. The smallest absolute Gasteiger partial charge is 0.410 e. The number of carbonyl (C=O) groups excluding carboxylic acids is 2. The van der Waals surface area contributed by atoms with Gasteiger partial charge in [-0.3, -0.25) is 14.5 Å². The number of carbonyl (C=O) groups is 2. The summed E-state index contributed by atoms with van der Waals surface area (Å²) in [6.45, 7) is 7.05. The fraction of sp³-hybridized carbons (Fsp3) is 0.500. The number of aromatic nitrogens is 4. The molecule has 0 N–H and O–H groups in total. The Hall–Kier alpha value is -3.49. The van der Waals surface area contributed by atoms with Gasteiger partial charge >= 0.3 is 12.1 Å². The summed E-state index contributed by atoms with van der Waals surface area (Å²) < 4.78 is 12.2. The summed E-state index contributed by atoms with van der Waals surface area (Å²) in [5.41, 5.74) is 4.05. The number of rotatable bonds is 5. The SMILES string of the molecule is COC(=O)C1CC(n2cc(-c3cnc4ccc(CC5CN(C(=O)OC(C)(C)C)C5)cc4n3)cn2)C1. The Morgan fingerprint density at radius 1 is 1.11 bits per heavy atom. The van der Waals surface area contributed by atoms with Gasteiger partial charge in [0.1, 0.15) is 5.60 Å². The van der Waals surface area contributed by atoms with Crippen LogP contribution in [0.1, 0.15) is 45.2 Å². The molecular formula is C26H31N5O4. The number of hydrogen-bond donors (Lipinski definition) is 0. The molecule has 2 aliphatic rings. The second kappa shape index (κ2) is 8.94. The van der Waals surface area contributed by atoms with Gasteiger partial charge in [-0.25, -0.2) is 9.78 Å². The second-order valence-electron chi connectivity index (χ2n) is 10.6. The normalized spacial score (nSPS) is 20.3. The van der Waals surface area contributed by atoms with Crippen molar-refractivity contribution in [3.05, 3.63) is 42.4 Å². The molecule has 3 aromatic rings. The zero-order valence-electron chi connectivity index (χ0n) is 20.6. The predicted molar refractivity (Wildman–Crippen MR) is 130 cm³/mol. The van der Waals surface area contributed by atoms with E-state index in [0.29, 0.717) is 19.0 Å². The van der Waals surface area contributed by atoms with Crippen LogP contribution in [-0.4, -0.2) is 62.5 Å². The van der Waals surface area contributed by atoms with Gasteiger partial charge in [-0.05, 0) is 63.6 Å². The highest BCUT2D eigenvalue weighted by Gasteiger charge is 2.37. The summed E-state index contributed by atoms with van der Waals surface area (Å²) in [4.78, 5) is 35.0. The van der Waals surface area contributed by atoms with Crippen molar-refractivity contribution in [3.63, 3.8) is 0 Å². The Kier molecular flexibility index (Phi) is 5.94. The number of fused-ring (bicyclic) bond motifs is 1. The molecule has 1 aromatic carbocycles. The molecule has 1 saturated heterocycles. The summed E-state index contributed by atoms with van der Waals surface area (Å²) in [6.07, 6.45) is 7.65. The van der Waals surface area contributed by atoms with Gasteiger partial charge in [-0.15, -0.1) is 0 Å². The average molecular weight is 478 g/mol. The highest BCUT2D eigenvalue weighted by Crippen LogP contribution is 2.38. The first-order chi connectivity index (χ1) is 16.7. The van der Waals surface area contributed by atoms with Crippen LogP contribution in [-0.2, 0) is 20.7 Å². The maximum Gasteiger partial charge on any atom is 0.410 e. The molecule has 0 radical (unpaired) electrons. The monoisotopic (exact) mass is 477 g/mol. The number of benzene rings is 1. The van der Waals surface area contributed by atoms with Crippen molar-refractivity contribution >= 4 is 23.1 Å². The van der Waals surface area contributed by atoms with E-state index in [0.717, 1.165) is 41.6 Å². The van der Waals surface area contributed by atoms with E-state index in [1.807, 2.05) is 37.7 Å². The van der Waals surface area contributed by atoms with E-state index >= 15 is 0 Å². The molecule has 2 fully saturated rings. The molecule has 0 atom stereocenters. The van der Waals surface area contributed by atoms with Gasteiger partial charge in [0, 0.05) is 24.8 Å². The first-order valence-corrected chi connectivity index (χ1v) is 12.0. The zero-order chi connectivity index (χ0) is 24.7. The number of likely N-dealkylation sites (tertiary alicyclic amines) is 1. The lowest BCUT2D eigenvalue weighted by atomic mass is 9.80. The molecule has 1 saturated carbocycles. The topological polar surface area (TPSA) is 99.4 Å². The number of ether oxygens (including phenoxy) is 2. The van der Waals surface area contributed by atoms with E-state index in [-0.39, 0.29) is 24.0 Å². The molecule has 0 bridgehead atoms. The number of esters is 1. The third-order valence-electron chi connectivity index (χ3n) is 6.66. The Labute approximate surface area is 204 Å². The van der Waals surface area contributed by atoms with Crippen LogP contribution in [0, 0.1) is 11.8 Å².